The van der Waals surface area contributed by atoms with Gasteiger partial charge in [0, 0.05) is 42.8 Å². The van der Waals surface area contributed by atoms with Crippen LogP contribution in [0.1, 0.15) is 32.1 Å². The van der Waals surface area contributed by atoms with Crippen LogP contribution in [0, 0.1) is 11.7 Å². The molecule has 1 amide bonds. The summed E-state index contributed by atoms with van der Waals surface area (Å²) in [5, 5.41) is 7.31. The van der Waals surface area contributed by atoms with Crippen molar-refractivity contribution >= 4 is 23.4 Å². The molecule has 26 heavy (non-hydrogen) atoms. The zero-order valence-corrected chi connectivity index (χ0v) is 15.6. The molecule has 1 aromatic carbocycles. The van der Waals surface area contributed by atoms with Gasteiger partial charge in [0.15, 0.2) is 5.16 Å². The molecule has 2 atom stereocenters. The van der Waals surface area contributed by atoms with E-state index in [1.807, 2.05) is 17.8 Å². The number of aromatic nitrogens is 2. The second kappa shape index (κ2) is 7.40. The summed E-state index contributed by atoms with van der Waals surface area (Å²) in [4.78, 5) is 17.6. The molecule has 7 heteroatoms. The first-order valence-corrected chi connectivity index (χ1v) is 9.89. The molecule has 2 unspecified atom stereocenters. The molecule has 0 radical (unpaired) electrons. The van der Waals surface area contributed by atoms with Gasteiger partial charge < -0.3 is 15.2 Å². The maximum Gasteiger partial charge on any atom is 0.224 e. The van der Waals surface area contributed by atoms with E-state index in [9.17, 15) is 9.18 Å². The largest absolute Gasteiger partial charge is 0.329 e. The van der Waals surface area contributed by atoms with Crippen molar-refractivity contribution in [1.82, 2.24) is 14.9 Å². The summed E-state index contributed by atoms with van der Waals surface area (Å²) >= 11 is 1.42. The van der Waals surface area contributed by atoms with Gasteiger partial charge in [-0.05, 0) is 61.6 Å². The van der Waals surface area contributed by atoms with Crippen LogP contribution in [0.25, 0.3) is 0 Å². The first kappa shape index (κ1) is 17.5. The third-order valence-electron chi connectivity index (χ3n) is 5.24. The van der Waals surface area contributed by atoms with Crippen molar-refractivity contribution in [2.75, 3.05) is 5.32 Å². The van der Waals surface area contributed by atoms with E-state index in [0.29, 0.717) is 30.1 Å². The number of rotatable bonds is 5. The van der Waals surface area contributed by atoms with Crippen molar-refractivity contribution in [2.45, 2.75) is 54.2 Å². The zero-order valence-electron chi connectivity index (χ0n) is 14.7. The van der Waals surface area contributed by atoms with E-state index in [1.54, 1.807) is 12.3 Å². The van der Waals surface area contributed by atoms with Gasteiger partial charge in [-0.25, -0.2) is 9.37 Å². The van der Waals surface area contributed by atoms with Crippen LogP contribution >= 0.6 is 11.8 Å². The number of nitrogens with zero attached hydrogens (tertiary/aromatic N) is 2. The van der Waals surface area contributed by atoms with E-state index in [1.165, 1.54) is 36.7 Å². The van der Waals surface area contributed by atoms with Crippen LogP contribution in [-0.4, -0.2) is 27.5 Å². The van der Waals surface area contributed by atoms with Gasteiger partial charge in [0.2, 0.25) is 5.91 Å². The molecule has 3 heterocycles. The van der Waals surface area contributed by atoms with Crippen molar-refractivity contribution in [3.05, 3.63) is 36.4 Å². The quantitative estimate of drug-likeness (QED) is 0.840. The number of halogens is 1. The average Bonchev–Trinajstić information content (AvgIpc) is 3.15. The summed E-state index contributed by atoms with van der Waals surface area (Å²) in [7, 11) is 1.91. The highest BCUT2D eigenvalue weighted by Gasteiger charge is 2.34. The van der Waals surface area contributed by atoms with Crippen LogP contribution in [-0.2, 0) is 11.8 Å². The van der Waals surface area contributed by atoms with Crippen LogP contribution in [0.2, 0.25) is 0 Å². The number of hydrogen-bond donors (Lipinski definition) is 2. The lowest BCUT2D eigenvalue weighted by molar-refractivity contribution is -0.117. The molecule has 2 N–H and O–H groups in total. The number of anilines is 1. The van der Waals surface area contributed by atoms with Crippen LogP contribution in [0.4, 0.5) is 10.1 Å². The summed E-state index contributed by atoms with van der Waals surface area (Å²) < 4.78 is 15.6. The lowest BCUT2D eigenvalue weighted by Gasteiger charge is -2.28. The predicted molar refractivity (Wildman–Crippen MR) is 99.6 cm³/mol. The maximum absolute atomic E-state index is 13.7. The number of aryl methyl sites for hydroxylation is 1. The molecular formula is C19H23FN4OS. The first-order chi connectivity index (χ1) is 12.6. The Balaban J connectivity index is 1.44. The molecule has 0 saturated carbocycles. The smallest absolute Gasteiger partial charge is 0.224 e. The highest BCUT2D eigenvalue weighted by atomic mass is 32.2. The zero-order chi connectivity index (χ0) is 18.1. The Bertz CT molecular complexity index is 797. The Morgan fingerprint density at radius 3 is 2.85 bits per heavy atom. The molecule has 2 aliphatic heterocycles. The number of carbonyl (C=O) groups is 1. The van der Waals surface area contributed by atoms with E-state index in [2.05, 4.69) is 15.6 Å². The third kappa shape index (κ3) is 3.94. The number of fused-ring (bicyclic) bond motifs is 2. The van der Waals surface area contributed by atoms with Gasteiger partial charge in [-0.3, -0.25) is 4.79 Å². The number of amides is 1. The number of benzene rings is 1. The van der Waals surface area contributed by atoms with Crippen LogP contribution in [0.5, 0.6) is 0 Å². The van der Waals surface area contributed by atoms with E-state index in [0.717, 1.165) is 22.9 Å². The van der Waals surface area contributed by atoms with Gasteiger partial charge in [-0.15, -0.1) is 0 Å². The predicted octanol–water partition coefficient (Wildman–Crippen LogP) is 3.57. The van der Waals surface area contributed by atoms with Gasteiger partial charge in [0.25, 0.3) is 0 Å². The Morgan fingerprint density at radius 2 is 2.15 bits per heavy atom. The molecule has 0 spiro atoms. The number of nitrogens with one attached hydrogen (secondary N) is 2. The Hall–Kier alpha value is -1.86. The molecule has 138 valence electrons. The molecule has 0 aliphatic carbocycles. The van der Waals surface area contributed by atoms with Gasteiger partial charge in [-0.2, -0.15) is 0 Å². The Labute approximate surface area is 156 Å². The molecular weight excluding hydrogens is 351 g/mol. The number of hydrogen-bond acceptors (Lipinski definition) is 4. The van der Waals surface area contributed by atoms with Crippen molar-refractivity contribution in [3.63, 3.8) is 0 Å². The first-order valence-electron chi connectivity index (χ1n) is 9.07. The van der Waals surface area contributed by atoms with Gasteiger partial charge in [0.1, 0.15) is 5.82 Å². The highest BCUT2D eigenvalue weighted by Crippen LogP contribution is 2.35. The third-order valence-corrected chi connectivity index (χ3v) is 6.39. The number of imidazole rings is 1. The minimum atomic E-state index is -0.357. The fourth-order valence-corrected chi connectivity index (χ4v) is 4.91. The van der Waals surface area contributed by atoms with Crippen molar-refractivity contribution in [2.24, 2.45) is 13.0 Å². The van der Waals surface area contributed by atoms with Gasteiger partial charge in [-0.1, -0.05) is 0 Å². The van der Waals surface area contributed by atoms with Crippen molar-refractivity contribution in [1.29, 1.82) is 0 Å². The number of piperidine rings is 1. The van der Waals surface area contributed by atoms with Crippen molar-refractivity contribution < 1.29 is 9.18 Å². The monoisotopic (exact) mass is 374 g/mol. The lowest BCUT2D eigenvalue weighted by Crippen LogP contribution is -2.39. The summed E-state index contributed by atoms with van der Waals surface area (Å²) in [6.07, 6.45) is 8.63. The molecule has 2 bridgehead atoms. The summed E-state index contributed by atoms with van der Waals surface area (Å²) in [5.41, 5.74) is 0.514. The van der Waals surface area contributed by atoms with E-state index in [-0.39, 0.29) is 11.7 Å². The molecule has 2 aromatic rings. The summed E-state index contributed by atoms with van der Waals surface area (Å²) in [6, 6.07) is 5.61. The van der Waals surface area contributed by atoms with Crippen LogP contribution in [0.3, 0.4) is 0 Å². The average molecular weight is 374 g/mol. The minimum Gasteiger partial charge on any atom is -0.329 e. The highest BCUT2D eigenvalue weighted by molar-refractivity contribution is 7.99. The summed E-state index contributed by atoms with van der Waals surface area (Å²) in [6.45, 7) is 0. The Kier molecular flexibility index (Phi) is 5.00. The molecule has 2 fully saturated rings. The molecule has 4 rings (SSSR count). The minimum absolute atomic E-state index is 0.0383. The Morgan fingerprint density at radius 1 is 1.38 bits per heavy atom. The SMILES string of the molecule is Cn1ccnc1Sc1ccc(F)cc1NC(=O)CC1CC2CCC(C1)N2. The topological polar surface area (TPSA) is 59.0 Å². The van der Waals surface area contributed by atoms with Crippen LogP contribution in [0.15, 0.2) is 40.6 Å². The van der Waals surface area contributed by atoms with Gasteiger partial charge in [0.05, 0.1) is 5.69 Å². The van der Waals surface area contributed by atoms with Crippen LogP contribution < -0.4 is 10.6 Å². The van der Waals surface area contributed by atoms with E-state index >= 15 is 0 Å². The fraction of sp³-hybridized carbons (Fsp3) is 0.474. The molecule has 1 aromatic heterocycles. The lowest BCUT2D eigenvalue weighted by atomic mass is 9.89. The standard InChI is InChI=1S/C19H23FN4OS/c1-24-7-6-21-19(24)26-17-5-2-13(20)11-16(17)23-18(25)10-12-8-14-3-4-15(9-12)22-14/h2,5-7,11-12,14-15,22H,3-4,8-10H2,1H3,(H,23,25). The maximum atomic E-state index is 13.7. The van der Waals surface area contributed by atoms with Crippen molar-refractivity contribution in [3.8, 4) is 0 Å². The fourth-order valence-electron chi connectivity index (χ4n) is 4.04. The normalized spacial score (nSPS) is 24.6. The molecule has 2 saturated heterocycles. The van der Waals surface area contributed by atoms with E-state index < -0.39 is 0 Å². The second-order valence-corrected chi connectivity index (χ2v) is 8.30. The van der Waals surface area contributed by atoms with Gasteiger partial charge >= 0.3 is 0 Å². The summed E-state index contributed by atoms with van der Waals surface area (Å²) in [5.74, 6) is 0.0148. The second-order valence-electron chi connectivity index (χ2n) is 7.29. The van der Waals surface area contributed by atoms with E-state index in [4.69, 9.17) is 0 Å². The number of carbonyl (C=O) groups excluding carboxylic acids is 1. The molecule has 2 aliphatic rings. The molecule has 5 nitrogen and oxygen atoms in total.